The van der Waals surface area contributed by atoms with Gasteiger partial charge in [0.05, 0.1) is 0 Å². The van der Waals surface area contributed by atoms with E-state index < -0.39 is 0 Å². The number of hydrogen-bond acceptors (Lipinski definition) is 1. The zero-order valence-corrected chi connectivity index (χ0v) is 9.97. The van der Waals surface area contributed by atoms with Crippen molar-refractivity contribution in [2.75, 3.05) is 26.2 Å². The normalized spacial score (nSPS) is 17.4. The average Bonchev–Trinajstić information content (AvgIpc) is 2.40. The minimum Gasteiger partial charge on any atom is -0.296 e. The van der Waals surface area contributed by atoms with Crippen LogP contribution in [0.25, 0.3) is 10.8 Å². The van der Waals surface area contributed by atoms with E-state index >= 15 is 0 Å². The molecule has 2 aromatic rings. The quantitative estimate of drug-likeness (QED) is 0.766. The molecule has 0 amide bonds. The summed E-state index contributed by atoms with van der Waals surface area (Å²) < 4.78 is 0. The molecule has 1 aliphatic heterocycles. The average molecular weight is 225 g/mol. The first-order valence-corrected chi connectivity index (χ1v) is 6.26. The maximum absolute atomic E-state index is 4.39. The largest absolute Gasteiger partial charge is 0.296 e. The van der Waals surface area contributed by atoms with E-state index in [2.05, 4.69) is 52.7 Å². The lowest BCUT2D eigenvalue weighted by atomic mass is 10.0. The van der Waals surface area contributed by atoms with Crippen LogP contribution in [-0.4, -0.2) is 31.1 Å². The first-order chi connectivity index (χ1) is 8.43. The fraction of sp³-hybridized carbons (Fsp3) is 0.333. The van der Waals surface area contributed by atoms with Crippen molar-refractivity contribution in [1.82, 2.24) is 10.2 Å². The molecule has 1 radical (unpaired) electrons. The summed E-state index contributed by atoms with van der Waals surface area (Å²) in [5.41, 5.74) is 1.44. The SMILES string of the molecule is c1ccc2c(CN3CC[N]CC3)cccc2c1. The molecule has 17 heavy (non-hydrogen) atoms. The second kappa shape index (κ2) is 4.86. The summed E-state index contributed by atoms with van der Waals surface area (Å²) in [5.74, 6) is 0. The zero-order chi connectivity index (χ0) is 11.5. The van der Waals surface area contributed by atoms with Crippen LogP contribution < -0.4 is 5.32 Å². The number of fused-ring (bicyclic) bond motifs is 1. The summed E-state index contributed by atoms with van der Waals surface area (Å²) in [4.78, 5) is 2.49. The Morgan fingerprint density at radius 2 is 1.71 bits per heavy atom. The standard InChI is InChI=1S/C15H17N2/c1-2-7-15-13(4-1)5-3-6-14(15)12-17-10-8-16-9-11-17/h1-7H,8-12H2. The number of nitrogens with zero attached hydrogens (tertiary/aromatic N) is 2. The summed E-state index contributed by atoms with van der Waals surface area (Å²) in [6.07, 6.45) is 0. The lowest BCUT2D eigenvalue weighted by Gasteiger charge is -2.26. The predicted octanol–water partition coefficient (Wildman–Crippen LogP) is 2.26. The fourth-order valence-electron chi connectivity index (χ4n) is 2.48. The van der Waals surface area contributed by atoms with Gasteiger partial charge in [0, 0.05) is 32.7 Å². The molecule has 87 valence electrons. The molecule has 0 atom stereocenters. The van der Waals surface area contributed by atoms with Gasteiger partial charge in [-0.15, -0.1) is 0 Å². The molecule has 3 rings (SSSR count). The fourth-order valence-corrected chi connectivity index (χ4v) is 2.48. The summed E-state index contributed by atoms with van der Waals surface area (Å²) >= 11 is 0. The van der Waals surface area contributed by atoms with Gasteiger partial charge in [-0.05, 0) is 16.3 Å². The van der Waals surface area contributed by atoms with E-state index in [1.54, 1.807) is 0 Å². The van der Waals surface area contributed by atoms with Gasteiger partial charge >= 0.3 is 0 Å². The number of hydrogen-bond donors (Lipinski definition) is 0. The maximum atomic E-state index is 4.39. The van der Waals surface area contributed by atoms with Crippen LogP contribution in [0.3, 0.4) is 0 Å². The van der Waals surface area contributed by atoms with Crippen LogP contribution in [0.15, 0.2) is 42.5 Å². The molecular formula is C15H17N2. The Morgan fingerprint density at radius 1 is 0.941 bits per heavy atom. The van der Waals surface area contributed by atoms with Gasteiger partial charge in [-0.2, -0.15) is 0 Å². The van der Waals surface area contributed by atoms with E-state index in [0.29, 0.717) is 0 Å². The molecule has 1 heterocycles. The van der Waals surface area contributed by atoms with Gasteiger partial charge in [-0.1, -0.05) is 42.5 Å². The second-order valence-electron chi connectivity index (χ2n) is 4.59. The molecule has 2 heteroatoms. The Hall–Kier alpha value is -1.38. The van der Waals surface area contributed by atoms with Gasteiger partial charge in [-0.25, -0.2) is 5.32 Å². The van der Waals surface area contributed by atoms with Gasteiger partial charge in [0.1, 0.15) is 0 Å². The highest BCUT2D eigenvalue weighted by Crippen LogP contribution is 2.20. The van der Waals surface area contributed by atoms with Crippen molar-refractivity contribution >= 4 is 10.8 Å². The van der Waals surface area contributed by atoms with Crippen LogP contribution in [0.4, 0.5) is 0 Å². The summed E-state index contributed by atoms with van der Waals surface area (Å²) in [5, 5.41) is 7.12. The van der Waals surface area contributed by atoms with Crippen LogP contribution in [0.1, 0.15) is 5.56 Å². The van der Waals surface area contributed by atoms with Crippen LogP contribution in [0.2, 0.25) is 0 Å². The highest BCUT2D eigenvalue weighted by Gasteiger charge is 2.11. The molecule has 0 bridgehead atoms. The highest BCUT2D eigenvalue weighted by atomic mass is 15.2. The van der Waals surface area contributed by atoms with Crippen LogP contribution >= 0.6 is 0 Å². The third-order valence-electron chi connectivity index (χ3n) is 3.42. The topological polar surface area (TPSA) is 17.3 Å². The molecule has 2 aromatic carbocycles. The van der Waals surface area contributed by atoms with Crippen molar-refractivity contribution < 1.29 is 0 Å². The van der Waals surface area contributed by atoms with Gasteiger partial charge in [0.25, 0.3) is 0 Å². The van der Waals surface area contributed by atoms with Gasteiger partial charge in [-0.3, -0.25) is 4.90 Å². The van der Waals surface area contributed by atoms with Crippen molar-refractivity contribution in [2.45, 2.75) is 6.54 Å². The van der Waals surface area contributed by atoms with Gasteiger partial charge in [0.15, 0.2) is 0 Å². The van der Waals surface area contributed by atoms with Crippen molar-refractivity contribution in [1.29, 1.82) is 0 Å². The number of piperazine rings is 1. The van der Waals surface area contributed by atoms with Crippen molar-refractivity contribution in [3.05, 3.63) is 48.0 Å². The molecule has 0 unspecified atom stereocenters. The smallest absolute Gasteiger partial charge is 0.0261 e. The molecule has 2 nitrogen and oxygen atoms in total. The van der Waals surface area contributed by atoms with E-state index in [-0.39, 0.29) is 0 Å². The maximum Gasteiger partial charge on any atom is 0.0261 e. The Bertz CT molecular complexity index is 496. The summed E-state index contributed by atoms with van der Waals surface area (Å²) in [7, 11) is 0. The lowest BCUT2D eigenvalue weighted by Crippen LogP contribution is -2.39. The van der Waals surface area contributed by atoms with Crippen molar-refractivity contribution in [2.24, 2.45) is 0 Å². The minimum atomic E-state index is 0.991. The van der Waals surface area contributed by atoms with Crippen molar-refractivity contribution in [3.63, 3.8) is 0 Å². The molecule has 0 aromatic heterocycles. The molecule has 0 saturated carbocycles. The lowest BCUT2D eigenvalue weighted by molar-refractivity contribution is 0.231. The summed E-state index contributed by atoms with van der Waals surface area (Å²) in [6.45, 7) is 5.23. The second-order valence-corrected chi connectivity index (χ2v) is 4.59. The van der Waals surface area contributed by atoms with Crippen LogP contribution in [0.5, 0.6) is 0 Å². The van der Waals surface area contributed by atoms with Crippen molar-refractivity contribution in [3.8, 4) is 0 Å². The third kappa shape index (κ3) is 2.33. The van der Waals surface area contributed by atoms with E-state index in [1.165, 1.54) is 16.3 Å². The minimum absolute atomic E-state index is 0.991. The molecule has 1 aliphatic rings. The van der Waals surface area contributed by atoms with Crippen LogP contribution in [0, 0.1) is 0 Å². The van der Waals surface area contributed by atoms with E-state index in [1.807, 2.05) is 0 Å². The Labute approximate surface area is 102 Å². The van der Waals surface area contributed by atoms with Gasteiger partial charge < -0.3 is 0 Å². The molecule has 1 fully saturated rings. The molecule has 1 saturated heterocycles. The monoisotopic (exact) mass is 225 g/mol. The molecule has 0 spiro atoms. The van der Waals surface area contributed by atoms with E-state index in [9.17, 15) is 0 Å². The predicted molar refractivity (Wildman–Crippen MR) is 71.1 cm³/mol. The van der Waals surface area contributed by atoms with E-state index in [0.717, 1.165) is 32.7 Å². The first kappa shape index (κ1) is 10.8. The van der Waals surface area contributed by atoms with E-state index in [4.69, 9.17) is 0 Å². The third-order valence-corrected chi connectivity index (χ3v) is 3.42. The summed E-state index contributed by atoms with van der Waals surface area (Å²) in [6, 6.07) is 15.2. The van der Waals surface area contributed by atoms with Gasteiger partial charge in [0.2, 0.25) is 0 Å². The molecule has 0 N–H and O–H groups in total. The molecule has 0 aliphatic carbocycles. The zero-order valence-electron chi connectivity index (χ0n) is 9.97. The Kier molecular flexibility index (Phi) is 3.08. The first-order valence-electron chi connectivity index (χ1n) is 6.26. The highest BCUT2D eigenvalue weighted by molar-refractivity contribution is 5.85. The Morgan fingerprint density at radius 3 is 2.59 bits per heavy atom. The number of rotatable bonds is 2. The molecular weight excluding hydrogens is 208 g/mol. The van der Waals surface area contributed by atoms with Crippen LogP contribution in [-0.2, 0) is 6.54 Å². The Balaban J connectivity index is 1.89. The number of benzene rings is 2.